The van der Waals surface area contributed by atoms with E-state index in [-0.39, 0.29) is 24.2 Å². The molecule has 27 heavy (non-hydrogen) atoms. The quantitative estimate of drug-likeness (QED) is 0.505. The monoisotopic (exact) mass is 376 g/mol. The predicted molar refractivity (Wildman–Crippen MR) is 104 cm³/mol. The lowest BCUT2D eigenvalue weighted by Gasteiger charge is -2.20. The van der Waals surface area contributed by atoms with E-state index < -0.39 is 11.5 Å². The Morgan fingerprint density at radius 1 is 1.15 bits per heavy atom. The zero-order valence-corrected chi connectivity index (χ0v) is 16.0. The highest BCUT2D eigenvalue weighted by Crippen LogP contribution is 2.17. The maximum atomic E-state index is 12.0. The summed E-state index contributed by atoms with van der Waals surface area (Å²) in [6, 6.07) is 9.58. The third kappa shape index (κ3) is 6.01. The van der Waals surface area contributed by atoms with Gasteiger partial charge in [-0.1, -0.05) is 25.1 Å². The van der Waals surface area contributed by atoms with Crippen LogP contribution in [0.1, 0.15) is 24.7 Å². The van der Waals surface area contributed by atoms with E-state index in [1.807, 2.05) is 37.3 Å². The third-order valence-corrected chi connectivity index (χ3v) is 4.17. The average Bonchev–Trinajstić information content (AvgIpc) is 2.66. The van der Waals surface area contributed by atoms with Gasteiger partial charge in [0.05, 0.1) is 11.4 Å². The zero-order valence-electron chi connectivity index (χ0n) is 16.0. The van der Waals surface area contributed by atoms with Gasteiger partial charge in [0.25, 0.3) is 5.43 Å². The van der Waals surface area contributed by atoms with Crippen molar-refractivity contribution in [1.82, 2.24) is 10.3 Å². The van der Waals surface area contributed by atoms with Gasteiger partial charge in [-0.15, -0.1) is 0 Å². The van der Waals surface area contributed by atoms with Gasteiger partial charge in [-0.3, -0.25) is 4.79 Å². The molecule has 2 unspecified atom stereocenters. The second-order valence-corrected chi connectivity index (χ2v) is 6.47. The number of aliphatic hydroxyl groups is 1. The number of aromatic nitrogens is 1. The molecule has 0 saturated heterocycles. The Bertz CT molecular complexity index is 776. The second kappa shape index (κ2) is 9.99. The van der Waals surface area contributed by atoms with Crippen LogP contribution >= 0.6 is 0 Å². The summed E-state index contributed by atoms with van der Waals surface area (Å²) in [4.78, 5) is 14.9. The topological polar surface area (TPSA) is 104 Å². The van der Waals surface area contributed by atoms with Crippen LogP contribution in [0.25, 0.3) is 0 Å². The Morgan fingerprint density at radius 3 is 2.52 bits per heavy atom. The van der Waals surface area contributed by atoms with Crippen molar-refractivity contribution in [2.24, 2.45) is 0 Å². The summed E-state index contributed by atoms with van der Waals surface area (Å²) in [7, 11) is 0. The first-order chi connectivity index (χ1) is 12.9. The van der Waals surface area contributed by atoms with Crippen molar-refractivity contribution in [2.45, 2.75) is 39.4 Å². The predicted octanol–water partition coefficient (Wildman–Crippen LogP) is 1.88. The van der Waals surface area contributed by atoms with Crippen molar-refractivity contribution in [2.75, 3.05) is 19.7 Å². The number of benzene rings is 1. The van der Waals surface area contributed by atoms with Crippen LogP contribution in [-0.2, 0) is 0 Å². The van der Waals surface area contributed by atoms with E-state index in [0.29, 0.717) is 24.5 Å². The summed E-state index contributed by atoms with van der Waals surface area (Å²) in [6.07, 6.45) is 0.00671. The van der Waals surface area contributed by atoms with Gasteiger partial charge in [0, 0.05) is 13.1 Å². The largest absolute Gasteiger partial charge is 0.503 e. The van der Waals surface area contributed by atoms with E-state index in [1.165, 1.54) is 0 Å². The molecule has 2 aromatic rings. The van der Waals surface area contributed by atoms with Gasteiger partial charge in [-0.05, 0) is 32.4 Å². The van der Waals surface area contributed by atoms with Crippen LogP contribution in [0.3, 0.4) is 0 Å². The van der Waals surface area contributed by atoms with Crippen LogP contribution in [0.2, 0.25) is 0 Å². The molecule has 0 amide bonds. The van der Waals surface area contributed by atoms with Crippen molar-refractivity contribution in [1.29, 1.82) is 0 Å². The molecule has 7 heteroatoms. The summed E-state index contributed by atoms with van der Waals surface area (Å²) in [5, 5.41) is 23.0. The van der Waals surface area contributed by atoms with Crippen molar-refractivity contribution in [3.05, 3.63) is 51.9 Å². The van der Waals surface area contributed by atoms with Crippen LogP contribution in [0.4, 0.5) is 0 Å². The number of nitrogens with one attached hydrogen (secondary N) is 2. The van der Waals surface area contributed by atoms with Crippen LogP contribution in [0.5, 0.6) is 17.2 Å². The molecule has 2 rings (SSSR count). The van der Waals surface area contributed by atoms with Gasteiger partial charge >= 0.3 is 0 Å². The Morgan fingerprint density at radius 2 is 1.85 bits per heavy atom. The lowest BCUT2D eigenvalue weighted by atomic mass is 10.2. The smallest absolute Gasteiger partial charge is 0.265 e. The number of hydrogen-bond acceptors (Lipinski definition) is 6. The number of ether oxygens (including phenoxy) is 2. The summed E-state index contributed by atoms with van der Waals surface area (Å²) in [5.41, 5.74) is 0.320. The van der Waals surface area contributed by atoms with E-state index in [2.05, 4.69) is 10.3 Å². The number of rotatable bonds is 10. The molecule has 1 aromatic heterocycles. The van der Waals surface area contributed by atoms with Gasteiger partial charge in [-0.25, -0.2) is 0 Å². The molecule has 0 saturated carbocycles. The summed E-state index contributed by atoms with van der Waals surface area (Å²) in [6.45, 7) is 6.13. The SMILES string of the molecule is CCC(CNCC(O)COc1c(C)[nH]c(C)c(O)c1=O)Oc1ccccc1. The number of H-pyrrole nitrogens is 1. The van der Waals surface area contributed by atoms with E-state index >= 15 is 0 Å². The number of aliphatic hydroxyl groups excluding tert-OH is 1. The van der Waals surface area contributed by atoms with Crippen molar-refractivity contribution in [3.8, 4) is 17.2 Å². The second-order valence-electron chi connectivity index (χ2n) is 6.47. The van der Waals surface area contributed by atoms with Crippen molar-refractivity contribution in [3.63, 3.8) is 0 Å². The summed E-state index contributed by atoms with van der Waals surface area (Å²) < 4.78 is 11.3. The number of hydrogen-bond donors (Lipinski definition) is 4. The molecule has 0 aliphatic rings. The van der Waals surface area contributed by atoms with Crippen molar-refractivity contribution < 1.29 is 19.7 Å². The Hall–Kier alpha value is -2.51. The number of para-hydroxylation sites is 1. The molecule has 1 aromatic carbocycles. The molecular weight excluding hydrogens is 348 g/mol. The summed E-state index contributed by atoms with van der Waals surface area (Å²) >= 11 is 0. The average molecular weight is 376 g/mol. The Labute approximate surface area is 159 Å². The Balaban J connectivity index is 1.78. The zero-order chi connectivity index (χ0) is 19.8. The number of aromatic amines is 1. The first-order valence-electron chi connectivity index (χ1n) is 9.08. The molecule has 0 aliphatic carbocycles. The molecule has 0 spiro atoms. The van der Waals surface area contributed by atoms with E-state index in [1.54, 1.807) is 13.8 Å². The van der Waals surface area contributed by atoms with Gasteiger partial charge < -0.3 is 30.0 Å². The lowest BCUT2D eigenvalue weighted by molar-refractivity contribution is 0.100. The maximum Gasteiger partial charge on any atom is 0.265 e. The third-order valence-electron chi connectivity index (χ3n) is 4.17. The van der Waals surface area contributed by atoms with Crippen molar-refractivity contribution >= 4 is 0 Å². The highest BCUT2D eigenvalue weighted by molar-refractivity contribution is 5.38. The first kappa shape index (κ1) is 20.8. The van der Waals surface area contributed by atoms with Gasteiger partial charge in [-0.2, -0.15) is 0 Å². The first-order valence-corrected chi connectivity index (χ1v) is 9.08. The highest BCUT2D eigenvalue weighted by Gasteiger charge is 2.15. The summed E-state index contributed by atoms with van der Waals surface area (Å²) in [5.74, 6) is 0.465. The molecule has 4 N–H and O–H groups in total. The van der Waals surface area contributed by atoms with Crippen LogP contribution in [0, 0.1) is 13.8 Å². The fourth-order valence-electron chi connectivity index (χ4n) is 2.63. The molecule has 0 fully saturated rings. The van der Waals surface area contributed by atoms with Gasteiger partial charge in [0.2, 0.25) is 0 Å². The molecule has 2 atom stereocenters. The fraction of sp³-hybridized carbons (Fsp3) is 0.450. The van der Waals surface area contributed by atoms with Crippen LogP contribution in [-0.4, -0.2) is 47.1 Å². The van der Waals surface area contributed by atoms with E-state index in [4.69, 9.17) is 9.47 Å². The molecule has 148 valence electrons. The minimum absolute atomic E-state index is 0.0142. The maximum absolute atomic E-state index is 12.0. The molecule has 0 bridgehead atoms. The highest BCUT2D eigenvalue weighted by atomic mass is 16.5. The van der Waals surface area contributed by atoms with E-state index in [9.17, 15) is 15.0 Å². The molecule has 1 heterocycles. The number of aromatic hydroxyl groups is 1. The number of pyridine rings is 1. The minimum atomic E-state index is -0.804. The minimum Gasteiger partial charge on any atom is -0.503 e. The molecule has 0 aliphatic heterocycles. The lowest BCUT2D eigenvalue weighted by Crippen LogP contribution is -2.38. The standard InChI is InChI=1S/C20H28N2O5/c1-4-16(27-17-8-6-5-7-9-17)11-21-10-15(23)12-26-20-14(3)22-13(2)18(24)19(20)25/h5-9,15-16,21,23-24H,4,10-12H2,1-3H3,(H,22,25). The Kier molecular flexibility index (Phi) is 7.69. The normalized spacial score (nSPS) is 13.2. The van der Waals surface area contributed by atoms with Crippen LogP contribution in [0.15, 0.2) is 35.1 Å². The van der Waals surface area contributed by atoms with E-state index in [0.717, 1.165) is 12.2 Å². The molecule has 0 radical (unpaired) electrons. The molecule has 7 nitrogen and oxygen atoms in total. The van der Waals surface area contributed by atoms with Gasteiger partial charge in [0.1, 0.15) is 24.6 Å². The number of aryl methyl sites for hydroxylation is 2. The molecular formula is C20H28N2O5. The fourth-order valence-corrected chi connectivity index (χ4v) is 2.63. The van der Waals surface area contributed by atoms with Gasteiger partial charge in [0.15, 0.2) is 11.5 Å². The van der Waals surface area contributed by atoms with Crippen LogP contribution < -0.4 is 20.2 Å².